The average molecular weight is 376 g/mol. The molecular weight excluding hydrogens is 350 g/mol. The fourth-order valence-corrected chi connectivity index (χ4v) is 4.18. The SMILES string of the molecule is CC(C)NS(=O)(=O)c1ccc(C(=O)NC2CCCC2CN)cc1.Cl. The van der Waals surface area contributed by atoms with Crippen LogP contribution in [0.4, 0.5) is 0 Å². The van der Waals surface area contributed by atoms with E-state index in [1.54, 1.807) is 13.8 Å². The molecule has 0 aromatic heterocycles. The summed E-state index contributed by atoms with van der Waals surface area (Å²) in [6, 6.07) is 5.91. The Morgan fingerprint density at radius 2 is 1.88 bits per heavy atom. The molecule has 2 unspecified atom stereocenters. The van der Waals surface area contributed by atoms with E-state index in [-0.39, 0.29) is 35.3 Å². The van der Waals surface area contributed by atoms with E-state index in [0.717, 1.165) is 19.3 Å². The van der Waals surface area contributed by atoms with Crippen molar-refractivity contribution in [1.82, 2.24) is 10.0 Å². The molecule has 1 saturated carbocycles. The van der Waals surface area contributed by atoms with Gasteiger partial charge in [-0.25, -0.2) is 13.1 Å². The number of carbonyl (C=O) groups excluding carboxylic acids is 1. The summed E-state index contributed by atoms with van der Waals surface area (Å²) in [5, 5.41) is 3.00. The summed E-state index contributed by atoms with van der Waals surface area (Å²) in [7, 11) is -3.54. The maximum atomic E-state index is 12.3. The Labute approximate surface area is 150 Å². The van der Waals surface area contributed by atoms with Crippen molar-refractivity contribution in [2.75, 3.05) is 6.54 Å². The molecule has 8 heteroatoms. The number of benzene rings is 1. The van der Waals surface area contributed by atoms with Crippen LogP contribution in [0.5, 0.6) is 0 Å². The van der Waals surface area contributed by atoms with Crippen LogP contribution in [-0.4, -0.2) is 33.0 Å². The summed E-state index contributed by atoms with van der Waals surface area (Å²) in [4.78, 5) is 12.4. The van der Waals surface area contributed by atoms with Gasteiger partial charge in [0.1, 0.15) is 0 Å². The molecule has 0 bridgehead atoms. The molecule has 1 aromatic rings. The van der Waals surface area contributed by atoms with E-state index < -0.39 is 10.0 Å². The van der Waals surface area contributed by atoms with Crippen molar-refractivity contribution in [3.8, 4) is 0 Å². The van der Waals surface area contributed by atoms with Crippen LogP contribution in [0.1, 0.15) is 43.5 Å². The molecule has 0 heterocycles. The lowest BCUT2D eigenvalue weighted by Crippen LogP contribution is -2.39. The smallest absolute Gasteiger partial charge is 0.251 e. The molecule has 0 saturated heterocycles. The van der Waals surface area contributed by atoms with Crippen molar-refractivity contribution in [3.63, 3.8) is 0 Å². The third-order valence-electron chi connectivity index (χ3n) is 4.10. The van der Waals surface area contributed by atoms with Crippen LogP contribution in [0.2, 0.25) is 0 Å². The summed E-state index contributed by atoms with van der Waals surface area (Å²) in [5.74, 6) is 0.143. The summed E-state index contributed by atoms with van der Waals surface area (Å²) in [6.07, 6.45) is 3.06. The lowest BCUT2D eigenvalue weighted by atomic mass is 10.0. The van der Waals surface area contributed by atoms with Crippen LogP contribution < -0.4 is 15.8 Å². The van der Waals surface area contributed by atoms with Crippen LogP contribution in [0.25, 0.3) is 0 Å². The molecule has 1 aromatic carbocycles. The first-order chi connectivity index (χ1) is 10.8. The lowest BCUT2D eigenvalue weighted by Gasteiger charge is -2.19. The standard InChI is InChI=1S/C16H25N3O3S.ClH/c1-11(2)19-23(21,22)14-8-6-12(7-9-14)16(20)18-15-5-3-4-13(15)10-17;/h6-9,11,13,15,19H,3-5,10,17H2,1-2H3,(H,18,20);1H. The molecule has 24 heavy (non-hydrogen) atoms. The molecule has 1 aliphatic rings. The van der Waals surface area contributed by atoms with Crippen LogP contribution in [0.3, 0.4) is 0 Å². The van der Waals surface area contributed by atoms with Gasteiger partial charge in [-0.3, -0.25) is 4.79 Å². The van der Waals surface area contributed by atoms with Gasteiger partial charge in [-0.1, -0.05) is 6.42 Å². The number of amides is 1. The topological polar surface area (TPSA) is 101 Å². The normalized spacial score (nSPS) is 20.7. The highest BCUT2D eigenvalue weighted by Gasteiger charge is 2.27. The number of sulfonamides is 1. The van der Waals surface area contributed by atoms with Gasteiger partial charge in [0.05, 0.1) is 4.90 Å². The van der Waals surface area contributed by atoms with E-state index in [4.69, 9.17) is 5.73 Å². The average Bonchev–Trinajstić information content (AvgIpc) is 2.93. The molecule has 1 aliphatic carbocycles. The van der Waals surface area contributed by atoms with Crippen LogP contribution in [0, 0.1) is 5.92 Å². The van der Waals surface area contributed by atoms with Gasteiger partial charge in [-0.15, -0.1) is 12.4 Å². The van der Waals surface area contributed by atoms with Crippen molar-refractivity contribution in [2.45, 2.75) is 50.1 Å². The van der Waals surface area contributed by atoms with Crippen molar-refractivity contribution in [3.05, 3.63) is 29.8 Å². The maximum Gasteiger partial charge on any atom is 0.251 e. The van der Waals surface area contributed by atoms with E-state index in [0.29, 0.717) is 18.0 Å². The van der Waals surface area contributed by atoms with Gasteiger partial charge in [-0.2, -0.15) is 0 Å². The Bertz CT molecular complexity index is 647. The van der Waals surface area contributed by atoms with E-state index in [2.05, 4.69) is 10.0 Å². The molecule has 0 aliphatic heterocycles. The summed E-state index contributed by atoms with van der Waals surface area (Å²) >= 11 is 0. The van der Waals surface area contributed by atoms with Gasteiger partial charge in [-0.05, 0) is 63.4 Å². The van der Waals surface area contributed by atoms with Gasteiger partial charge in [0.15, 0.2) is 0 Å². The second-order valence-electron chi connectivity index (χ2n) is 6.31. The Hall–Kier alpha value is -1.15. The Morgan fingerprint density at radius 1 is 1.25 bits per heavy atom. The zero-order valence-corrected chi connectivity index (χ0v) is 15.6. The zero-order chi connectivity index (χ0) is 17.0. The molecule has 136 valence electrons. The monoisotopic (exact) mass is 375 g/mol. The van der Waals surface area contributed by atoms with Gasteiger partial charge >= 0.3 is 0 Å². The van der Waals surface area contributed by atoms with Crippen LogP contribution in [0.15, 0.2) is 29.2 Å². The number of carbonyl (C=O) groups is 1. The van der Waals surface area contributed by atoms with Crippen LogP contribution >= 0.6 is 12.4 Å². The third kappa shape index (κ3) is 5.17. The number of nitrogens with one attached hydrogen (secondary N) is 2. The molecule has 0 spiro atoms. The first-order valence-corrected chi connectivity index (χ1v) is 9.45. The Balaban J connectivity index is 0.00000288. The number of nitrogens with two attached hydrogens (primary N) is 1. The Morgan fingerprint density at radius 3 is 2.42 bits per heavy atom. The van der Waals surface area contributed by atoms with Crippen LogP contribution in [-0.2, 0) is 10.0 Å². The van der Waals surface area contributed by atoms with E-state index in [1.807, 2.05) is 0 Å². The fraction of sp³-hybridized carbons (Fsp3) is 0.562. The first-order valence-electron chi connectivity index (χ1n) is 7.97. The number of hydrogen-bond acceptors (Lipinski definition) is 4. The molecule has 4 N–H and O–H groups in total. The molecule has 0 radical (unpaired) electrons. The lowest BCUT2D eigenvalue weighted by molar-refractivity contribution is 0.0928. The highest BCUT2D eigenvalue weighted by molar-refractivity contribution is 7.89. The first kappa shape index (κ1) is 20.9. The minimum atomic E-state index is -3.54. The minimum Gasteiger partial charge on any atom is -0.349 e. The highest BCUT2D eigenvalue weighted by Crippen LogP contribution is 2.25. The minimum absolute atomic E-state index is 0. The zero-order valence-electron chi connectivity index (χ0n) is 14.0. The summed E-state index contributed by atoms with van der Waals surface area (Å²) in [5.41, 5.74) is 6.18. The highest BCUT2D eigenvalue weighted by atomic mass is 35.5. The van der Waals surface area contributed by atoms with Crippen molar-refractivity contribution in [1.29, 1.82) is 0 Å². The third-order valence-corrected chi connectivity index (χ3v) is 5.77. The predicted molar refractivity (Wildman–Crippen MR) is 96.8 cm³/mol. The summed E-state index contributed by atoms with van der Waals surface area (Å²) in [6.45, 7) is 4.09. The van der Waals surface area contributed by atoms with Gasteiger partial charge < -0.3 is 11.1 Å². The number of halogens is 1. The van der Waals surface area contributed by atoms with Crippen molar-refractivity contribution < 1.29 is 13.2 Å². The molecule has 2 atom stereocenters. The van der Waals surface area contributed by atoms with Gasteiger partial charge in [0.25, 0.3) is 5.91 Å². The van der Waals surface area contributed by atoms with E-state index in [1.165, 1.54) is 24.3 Å². The number of rotatable bonds is 6. The second-order valence-corrected chi connectivity index (χ2v) is 8.02. The molecule has 6 nitrogen and oxygen atoms in total. The number of hydrogen-bond donors (Lipinski definition) is 3. The molecule has 2 rings (SSSR count). The Kier molecular flexibility index (Phi) is 7.66. The van der Waals surface area contributed by atoms with Gasteiger partial charge in [0.2, 0.25) is 10.0 Å². The van der Waals surface area contributed by atoms with Crippen molar-refractivity contribution in [2.24, 2.45) is 11.7 Å². The molecule has 1 amide bonds. The van der Waals surface area contributed by atoms with E-state index >= 15 is 0 Å². The van der Waals surface area contributed by atoms with Gasteiger partial charge in [0, 0.05) is 17.6 Å². The van der Waals surface area contributed by atoms with Crippen molar-refractivity contribution >= 4 is 28.3 Å². The summed E-state index contributed by atoms with van der Waals surface area (Å²) < 4.78 is 26.6. The fourth-order valence-electron chi connectivity index (χ4n) is 2.92. The second kappa shape index (κ2) is 8.80. The molecule has 1 fully saturated rings. The largest absolute Gasteiger partial charge is 0.349 e. The predicted octanol–water partition coefficient (Wildman–Crippen LogP) is 1.65. The quantitative estimate of drug-likeness (QED) is 0.703. The maximum absolute atomic E-state index is 12.3. The molecular formula is C16H26ClN3O3S. The van der Waals surface area contributed by atoms with E-state index in [9.17, 15) is 13.2 Å².